The average molecular weight is 1080 g/mol. The molecule has 0 amide bonds. The van der Waals surface area contributed by atoms with E-state index >= 15 is 0 Å². The van der Waals surface area contributed by atoms with Crippen LogP contribution < -0.4 is 20.7 Å². The molecule has 1 unspecified atom stereocenters. The van der Waals surface area contributed by atoms with Crippen LogP contribution in [-0.4, -0.2) is 49.4 Å². The lowest BCUT2D eigenvalue weighted by Gasteiger charge is -2.40. The zero-order valence-electron chi connectivity index (χ0n) is 36.9. The fraction of sp³-hybridized carbons (Fsp3) is 0.280. The van der Waals surface area contributed by atoms with Crippen molar-refractivity contribution in [2.75, 3.05) is 24.5 Å². The van der Waals surface area contributed by atoms with E-state index in [1.54, 1.807) is 12.5 Å². The van der Waals surface area contributed by atoms with Crippen molar-refractivity contribution in [3.8, 4) is 0 Å². The molecule has 11 heteroatoms. The number of hydrogen-bond donors (Lipinski definition) is 0. The Balaban J connectivity index is 0.000000230. The number of rotatable bonds is 10. The van der Waals surface area contributed by atoms with Crippen LogP contribution in [0.1, 0.15) is 52.7 Å². The normalized spacial score (nSPS) is 13.0. The first kappa shape index (κ1) is 50.7. The molecule has 324 valence electrons. The summed E-state index contributed by atoms with van der Waals surface area (Å²) < 4.78 is 39.1. The highest BCUT2D eigenvalue weighted by Crippen LogP contribution is 2.39. The fourth-order valence-electron chi connectivity index (χ4n) is 7.55. The van der Waals surface area contributed by atoms with Gasteiger partial charge in [0.25, 0.3) is 16.5 Å². The van der Waals surface area contributed by atoms with Gasteiger partial charge in [-0.05, 0) is 72.6 Å². The minimum absolute atomic E-state index is 0.0790. The van der Waals surface area contributed by atoms with Crippen molar-refractivity contribution < 1.29 is 8.42 Å². The van der Waals surface area contributed by atoms with E-state index in [1.807, 2.05) is 54.8 Å². The third kappa shape index (κ3) is 14.0. The maximum atomic E-state index is 13.9. The van der Waals surface area contributed by atoms with E-state index in [2.05, 4.69) is 211 Å². The van der Waals surface area contributed by atoms with Crippen molar-refractivity contribution >= 4 is 104 Å². The molecular weight excluding hydrogens is 1020 g/mol. The first-order chi connectivity index (χ1) is 28.6. The Bertz CT molecular complexity index is 2460. The Morgan fingerprint density at radius 3 is 1.10 bits per heavy atom. The second-order valence-electron chi connectivity index (χ2n) is 17.6. The van der Waals surface area contributed by atoms with Crippen LogP contribution in [0.2, 0.25) is 10.1 Å². The Hall–Kier alpha value is -2.91. The topological polar surface area (TPSA) is 58.9 Å². The lowest BCUT2D eigenvalue weighted by Crippen LogP contribution is -2.63. The first-order valence-electron chi connectivity index (χ1n) is 20.3. The van der Waals surface area contributed by atoms with Gasteiger partial charge >= 0.3 is 0 Å². The Morgan fingerprint density at radius 1 is 0.475 bits per heavy atom. The van der Waals surface area contributed by atoms with Gasteiger partial charge in [0.05, 0.1) is 0 Å². The van der Waals surface area contributed by atoms with Crippen LogP contribution in [0.15, 0.2) is 187 Å². The van der Waals surface area contributed by atoms with E-state index in [0.717, 1.165) is 20.7 Å². The molecule has 0 fully saturated rings. The van der Waals surface area contributed by atoms with Crippen LogP contribution in [0.5, 0.6) is 0 Å². The molecule has 0 bridgehead atoms. The summed E-state index contributed by atoms with van der Waals surface area (Å²) in [6, 6.07) is 58.2. The molecule has 0 saturated carbocycles. The van der Waals surface area contributed by atoms with Crippen LogP contribution >= 0.6 is 47.8 Å². The molecule has 61 heavy (non-hydrogen) atoms. The van der Waals surface area contributed by atoms with Gasteiger partial charge in [-0.25, -0.2) is 0 Å². The van der Waals surface area contributed by atoms with Crippen molar-refractivity contribution in [1.82, 2.24) is 0 Å². The maximum Gasteiger partial charge on any atom is 0.259 e. The van der Waals surface area contributed by atoms with Crippen molar-refractivity contribution in [2.45, 2.75) is 63.4 Å². The van der Waals surface area contributed by atoms with Crippen LogP contribution in [0.4, 0.5) is 0 Å². The Kier molecular flexibility index (Phi) is 18.4. The molecule has 0 saturated heterocycles. The zero-order chi connectivity index (χ0) is 45.0. The minimum atomic E-state index is -2.69. The first-order valence-corrected chi connectivity index (χ1v) is 31.3. The molecule has 0 heterocycles. The Morgan fingerprint density at radius 2 is 0.803 bits per heavy atom. The average Bonchev–Trinajstić information content (AvgIpc) is 3.22. The van der Waals surface area contributed by atoms with E-state index < -0.39 is 35.9 Å². The summed E-state index contributed by atoms with van der Waals surface area (Å²) in [5, 5.41) is 5.55. The summed E-state index contributed by atoms with van der Waals surface area (Å²) in [5.41, 5.74) is 2.47. The van der Waals surface area contributed by atoms with Gasteiger partial charge in [-0.1, -0.05) is 235 Å². The third-order valence-corrected chi connectivity index (χ3v) is 27.4. The van der Waals surface area contributed by atoms with E-state index in [-0.39, 0.29) is 10.1 Å². The monoisotopic (exact) mass is 1080 g/mol. The van der Waals surface area contributed by atoms with Crippen molar-refractivity contribution in [3.05, 3.63) is 190 Å². The predicted molar refractivity (Wildman–Crippen MR) is 284 cm³/mol. The lowest BCUT2D eigenvalue weighted by molar-refractivity contribution is 0.678. The van der Waals surface area contributed by atoms with Crippen LogP contribution in [0.25, 0.3) is 0 Å². The van der Waals surface area contributed by atoms with Crippen molar-refractivity contribution in [1.29, 1.82) is 0 Å². The quantitative estimate of drug-likeness (QED) is 0.101. The molecule has 0 aliphatic heterocycles. The number of benzene rings is 6. The molecule has 6 aromatic rings. The summed E-state index contributed by atoms with van der Waals surface area (Å²) in [4.78, 5) is 0. The molecular formula is C50H61Br3N2O2S2Si2. The standard InChI is InChI=1S/C25H30BrNOSSi.C18H25NOSSi.C7H6Br2/c1-25(2,3)30(23-14-7-5-8-15-23,24-16-9-6-10-17-24)27-29(4,28)19-18-21-12-11-13-22(26)20-21;1-18(2,3)22(19-21(4,5)20,16-12-8-6-9-13-16)17-14-10-7-11-15-17;8-5-6-2-1-3-7(9)4-6/h5-17,20H,18-19H2,1-4H3;6-15H,1-5H3;1-4H,5H2. The molecule has 6 aromatic carbocycles. The van der Waals surface area contributed by atoms with Gasteiger partial charge in [0.15, 0.2) is 0 Å². The number of halogens is 3. The highest BCUT2D eigenvalue weighted by Gasteiger charge is 2.50. The second-order valence-corrected chi connectivity index (χ2v) is 34.2. The number of alkyl halides is 1. The molecule has 0 radical (unpaired) electrons. The minimum Gasteiger partial charge on any atom is -0.266 e. The molecule has 0 aliphatic rings. The van der Waals surface area contributed by atoms with E-state index in [1.165, 1.54) is 31.9 Å². The van der Waals surface area contributed by atoms with Gasteiger partial charge in [-0.15, -0.1) is 0 Å². The molecule has 0 aliphatic carbocycles. The van der Waals surface area contributed by atoms with Crippen LogP contribution in [0.3, 0.4) is 0 Å². The van der Waals surface area contributed by atoms with Gasteiger partial charge in [0.2, 0.25) is 0 Å². The van der Waals surface area contributed by atoms with E-state index in [9.17, 15) is 8.42 Å². The largest absolute Gasteiger partial charge is 0.266 e. The number of aryl methyl sites for hydroxylation is 1. The van der Waals surface area contributed by atoms with Gasteiger partial charge in [0, 0.05) is 58.3 Å². The Labute approximate surface area is 395 Å². The highest BCUT2D eigenvalue weighted by molar-refractivity contribution is 9.10. The summed E-state index contributed by atoms with van der Waals surface area (Å²) in [6.45, 7) is 13.4. The predicted octanol–water partition coefficient (Wildman–Crippen LogP) is 12.3. The lowest BCUT2D eigenvalue weighted by atomic mass is 10.2. The van der Waals surface area contributed by atoms with Gasteiger partial charge in [-0.2, -0.15) is 0 Å². The van der Waals surface area contributed by atoms with Gasteiger partial charge in [-0.3, -0.25) is 16.5 Å². The third-order valence-electron chi connectivity index (χ3n) is 10.3. The van der Waals surface area contributed by atoms with Crippen LogP contribution in [-0.2, 0) is 31.2 Å². The maximum absolute atomic E-state index is 13.9. The van der Waals surface area contributed by atoms with E-state index in [0.29, 0.717) is 5.75 Å². The number of hydrogen-bond acceptors (Lipinski definition) is 4. The fourth-order valence-corrected chi connectivity index (χ4v) is 25.4. The van der Waals surface area contributed by atoms with Crippen molar-refractivity contribution in [3.63, 3.8) is 0 Å². The molecule has 6 rings (SSSR count). The SMILES string of the molecule is BrCc1cccc(Br)c1.CC(C)(C)[Si](N=S(C)(=O)CCc1cccc(Br)c1)(c1ccccc1)c1ccccc1.CC(C)(C)[Si](N=S(C)(C)=O)(c1ccccc1)c1ccccc1. The van der Waals surface area contributed by atoms with Gasteiger partial charge in [0.1, 0.15) is 0 Å². The molecule has 4 nitrogen and oxygen atoms in total. The number of nitrogens with zero attached hydrogens (tertiary/aromatic N) is 2. The summed E-state index contributed by atoms with van der Waals surface area (Å²) in [5.74, 6) is 0.550. The highest BCUT2D eigenvalue weighted by atomic mass is 79.9. The summed E-state index contributed by atoms with van der Waals surface area (Å²) in [7, 11) is -9.86. The summed E-state index contributed by atoms with van der Waals surface area (Å²) in [6.07, 6.45) is 6.07. The van der Waals surface area contributed by atoms with Crippen molar-refractivity contribution in [2.24, 2.45) is 8.06 Å². The molecule has 1 atom stereocenters. The zero-order valence-corrected chi connectivity index (χ0v) is 45.3. The molecule has 0 spiro atoms. The second kappa shape index (κ2) is 22.1. The smallest absolute Gasteiger partial charge is 0.259 e. The van der Waals surface area contributed by atoms with Gasteiger partial charge < -0.3 is 0 Å². The molecule has 0 aromatic heterocycles. The summed E-state index contributed by atoms with van der Waals surface area (Å²) >= 11 is 10.3. The van der Waals surface area contributed by atoms with E-state index in [4.69, 9.17) is 8.06 Å². The van der Waals surface area contributed by atoms with Crippen LogP contribution in [0, 0.1) is 0 Å². The molecule has 0 N–H and O–H groups in total.